The largest absolute Gasteiger partial charge is 0.508 e. The number of rotatable bonds is 5. The van der Waals surface area contributed by atoms with Crippen molar-refractivity contribution in [2.45, 2.75) is 31.0 Å². The Balaban J connectivity index is 1.33. The van der Waals surface area contributed by atoms with Gasteiger partial charge in [0.2, 0.25) is 0 Å². The molecule has 0 aliphatic carbocycles. The Morgan fingerprint density at radius 1 is 0.962 bits per heavy atom. The molecule has 2 aliphatic rings. The molecule has 4 rings (SSSR count). The van der Waals surface area contributed by atoms with Gasteiger partial charge in [-0.2, -0.15) is 0 Å². The standard InChI is InChI=1S/C20H20O6/c21-15-8-6-14(7-9-15)20(22)26-17-12-25-18-16(11-24-19(17)18)23-10-13-4-2-1-3-5-13/h1-9,16-19,21H,10-12H2/t16-,17-,18-,19-/m1/s1. The first-order valence-electron chi connectivity index (χ1n) is 8.59. The fourth-order valence-electron chi connectivity index (χ4n) is 3.25. The second-order valence-corrected chi connectivity index (χ2v) is 6.42. The van der Waals surface area contributed by atoms with Crippen LogP contribution in [-0.4, -0.2) is 48.7 Å². The van der Waals surface area contributed by atoms with Gasteiger partial charge in [-0.3, -0.25) is 0 Å². The zero-order valence-corrected chi connectivity index (χ0v) is 14.1. The maximum absolute atomic E-state index is 12.2. The number of carbonyl (C=O) groups excluding carboxylic acids is 1. The highest BCUT2D eigenvalue weighted by atomic mass is 16.7. The average Bonchev–Trinajstić information content (AvgIpc) is 3.24. The Morgan fingerprint density at radius 3 is 2.35 bits per heavy atom. The molecule has 1 N–H and O–H groups in total. The zero-order valence-electron chi connectivity index (χ0n) is 14.1. The molecule has 136 valence electrons. The van der Waals surface area contributed by atoms with E-state index in [4.69, 9.17) is 18.9 Å². The van der Waals surface area contributed by atoms with Gasteiger partial charge in [-0.05, 0) is 29.8 Å². The van der Waals surface area contributed by atoms with Crippen LogP contribution >= 0.6 is 0 Å². The summed E-state index contributed by atoms with van der Waals surface area (Å²) in [5, 5.41) is 9.30. The van der Waals surface area contributed by atoms with Crippen LogP contribution < -0.4 is 0 Å². The molecule has 6 nitrogen and oxygen atoms in total. The lowest BCUT2D eigenvalue weighted by Gasteiger charge is -2.17. The van der Waals surface area contributed by atoms with Crippen molar-refractivity contribution in [3.63, 3.8) is 0 Å². The van der Waals surface area contributed by atoms with Crippen molar-refractivity contribution in [1.29, 1.82) is 0 Å². The van der Waals surface area contributed by atoms with E-state index < -0.39 is 12.1 Å². The van der Waals surface area contributed by atoms with Crippen molar-refractivity contribution >= 4 is 5.97 Å². The van der Waals surface area contributed by atoms with E-state index in [2.05, 4.69) is 0 Å². The van der Waals surface area contributed by atoms with Crippen LogP contribution in [0.15, 0.2) is 54.6 Å². The van der Waals surface area contributed by atoms with E-state index in [1.807, 2.05) is 30.3 Å². The summed E-state index contributed by atoms with van der Waals surface area (Å²) in [6, 6.07) is 15.9. The topological polar surface area (TPSA) is 74.2 Å². The summed E-state index contributed by atoms with van der Waals surface area (Å²) in [4.78, 5) is 12.2. The van der Waals surface area contributed by atoms with Gasteiger partial charge in [0.1, 0.15) is 24.1 Å². The molecule has 2 heterocycles. The number of phenolic OH excluding ortho intramolecular Hbond substituents is 1. The van der Waals surface area contributed by atoms with Crippen molar-refractivity contribution in [2.24, 2.45) is 0 Å². The molecule has 4 atom stereocenters. The second-order valence-electron chi connectivity index (χ2n) is 6.42. The molecular formula is C20H20O6. The maximum atomic E-state index is 12.2. The first-order chi connectivity index (χ1) is 12.7. The number of hydrogen-bond acceptors (Lipinski definition) is 6. The summed E-state index contributed by atoms with van der Waals surface area (Å²) in [5.41, 5.74) is 1.46. The minimum absolute atomic E-state index is 0.100. The summed E-state index contributed by atoms with van der Waals surface area (Å²) in [5.74, 6) is -0.361. The molecule has 6 heteroatoms. The van der Waals surface area contributed by atoms with E-state index in [0.717, 1.165) is 5.56 Å². The Labute approximate surface area is 151 Å². The van der Waals surface area contributed by atoms with Crippen molar-refractivity contribution in [1.82, 2.24) is 0 Å². The van der Waals surface area contributed by atoms with Gasteiger partial charge in [-0.1, -0.05) is 30.3 Å². The molecule has 2 saturated heterocycles. The highest BCUT2D eigenvalue weighted by Gasteiger charge is 2.50. The van der Waals surface area contributed by atoms with E-state index in [1.54, 1.807) is 0 Å². The zero-order chi connectivity index (χ0) is 17.9. The number of benzene rings is 2. The predicted molar refractivity (Wildman–Crippen MR) is 91.8 cm³/mol. The minimum atomic E-state index is -0.466. The Bertz CT molecular complexity index is 745. The Hall–Kier alpha value is -2.41. The Kier molecular flexibility index (Phi) is 4.88. The summed E-state index contributed by atoms with van der Waals surface area (Å²) in [6.07, 6.45) is -1.21. The number of phenols is 1. The first-order valence-corrected chi connectivity index (χ1v) is 8.59. The van der Waals surface area contributed by atoms with Gasteiger partial charge in [0.15, 0.2) is 6.10 Å². The fourth-order valence-corrected chi connectivity index (χ4v) is 3.25. The monoisotopic (exact) mass is 356 g/mol. The van der Waals surface area contributed by atoms with E-state index >= 15 is 0 Å². The fraction of sp³-hybridized carbons (Fsp3) is 0.350. The third-order valence-electron chi connectivity index (χ3n) is 4.63. The quantitative estimate of drug-likeness (QED) is 0.829. The van der Waals surface area contributed by atoms with E-state index in [9.17, 15) is 9.90 Å². The molecule has 0 bridgehead atoms. The SMILES string of the molecule is O=C(O[C@@H]1CO[C@H]2[C@@H]1OC[C@H]2OCc1ccccc1)c1ccc(O)cc1. The molecule has 2 aromatic rings. The molecule has 0 radical (unpaired) electrons. The van der Waals surface area contributed by atoms with Crippen LogP contribution in [0.4, 0.5) is 0 Å². The van der Waals surface area contributed by atoms with Crippen LogP contribution in [0.5, 0.6) is 5.75 Å². The third kappa shape index (κ3) is 3.58. The number of carbonyl (C=O) groups is 1. The molecule has 0 spiro atoms. The number of hydrogen-bond donors (Lipinski definition) is 1. The molecule has 0 unspecified atom stereocenters. The molecule has 0 amide bonds. The van der Waals surface area contributed by atoms with E-state index in [-0.39, 0.29) is 30.7 Å². The van der Waals surface area contributed by atoms with E-state index in [0.29, 0.717) is 18.8 Å². The van der Waals surface area contributed by atoms with Crippen LogP contribution in [0, 0.1) is 0 Å². The third-order valence-corrected chi connectivity index (χ3v) is 4.63. The van der Waals surface area contributed by atoms with Gasteiger partial charge in [-0.25, -0.2) is 4.79 Å². The summed E-state index contributed by atoms with van der Waals surface area (Å²) < 4.78 is 23.0. The second kappa shape index (κ2) is 7.45. The van der Waals surface area contributed by atoms with Gasteiger partial charge in [0, 0.05) is 0 Å². The van der Waals surface area contributed by atoms with Crippen molar-refractivity contribution < 1.29 is 28.8 Å². The molecule has 2 aromatic carbocycles. The molecule has 2 fully saturated rings. The number of aromatic hydroxyl groups is 1. The average molecular weight is 356 g/mol. The van der Waals surface area contributed by atoms with Crippen LogP contribution in [0.2, 0.25) is 0 Å². The van der Waals surface area contributed by atoms with E-state index in [1.165, 1.54) is 24.3 Å². The molecular weight excluding hydrogens is 336 g/mol. The lowest BCUT2D eigenvalue weighted by Crippen LogP contribution is -2.35. The highest BCUT2D eigenvalue weighted by molar-refractivity contribution is 5.89. The lowest BCUT2D eigenvalue weighted by molar-refractivity contribution is -0.0471. The lowest BCUT2D eigenvalue weighted by atomic mass is 10.1. The molecule has 2 aliphatic heterocycles. The highest BCUT2D eigenvalue weighted by Crippen LogP contribution is 2.31. The van der Waals surface area contributed by atoms with Gasteiger partial charge in [0.05, 0.1) is 25.4 Å². The number of fused-ring (bicyclic) bond motifs is 1. The normalized spacial score (nSPS) is 27.2. The van der Waals surface area contributed by atoms with Crippen LogP contribution in [0.1, 0.15) is 15.9 Å². The molecule has 0 saturated carbocycles. The number of esters is 1. The molecule has 0 aromatic heterocycles. The van der Waals surface area contributed by atoms with Crippen LogP contribution in [0.3, 0.4) is 0 Å². The van der Waals surface area contributed by atoms with Gasteiger partial charge in [0.25, 0.3) is 0 Å². The van der Waals surface area contributed by atoms with Crippen LogP contribution in [-0.2, 0) is 25.6 Å². The van der Waals surface area contributed by atoms with Gasteiger partial charge < -0.3 is 24.1 Å². The van der Waals surface area contributed by atoms with Gasteiger partial charge >= 0.3 is 5.97 Å². The predicted octanol–water partition coefficient (Wildman–Crippen LogP) is 2.30. The van der Waals surface area contributed by atoms with Crippen LogP contribution in [0.25, 0.3) is 0 Å². The Morgan fingerprint density at radius 2 is 1.62 bits per heavy atom. The molecule has 26 heavy (non-hydrogen) atoms. The van der Waals surface area contributed by atoms with Gasteiger partial charge in [-0.15, -0.1) is 0 Å². The van der Waals surface area contributed by atoms with Crippen molar-refractivity contribution in [3.05, 3.63) is 65.7 Å². The first kappa shape index (κ1) is 17.0. The van der Waals surface area contributed by atoms with Crippen molar-refractivity contribution in [3.8, 4) is 5.75 Å². The summed E-state index contributed by atoms with van der Waals surface area (Å²) in [7, 11) is 0. The summed E-state index contributed by atoms with van der Waals surface area (Å²) >= 11 is 0. The smallest absolute Gasteiger partial charge is 0.338 e. The summed E-state index contributed by atoms with van der Waals surface area (Å²) in [6.45, 7) is 1.18. The van der Waals surface area contributed by atoms with Crippen molar-refractivity contribution in [2.75, 3.05) is 13.2 Å². The number of ether oxygens (including phenoxy) is 4. The minimum Gasteiger partial charge on any atom is -0.508 e. The maximum Gasteiger partial charge on any atom is 0.338 e.